The largest absolute Gasteiger partial charge is 0.378 e. The van der Waals surface area contributed by atoms with Crippen LogP contribution >= 0.6 is 0 Å². The van der Waals surface area contributed by atoms with Gasteiger partial charge in [-0.2, -0.15) is 0 Å². The lowest BCUT2D eigenvalue weighted by molar-refractivity contribution is -0.138. The molecule has 0 bridgehead atoms. The molecule has 4 rings (SSSR count). The van der Waals surface area contributed by atoms with Crippen LogP contribution in [0.15, 0.2) is 48.5 Å². The molecule has 0 radical (unpaired) electrons. The first-order valence-corrected chi connectivity index (χ1v) is 14.1. The fourth-order valence-corrected chi connectivity index (χ4v) is 5.66. The van der Waals surface area contributed by atoms with E-state index in [0.717, 1.165) is 11.3 Å². The smallest absolute Gasteiger partial charge is 0.254 e. The molecule has 0 aliphatic carbocycles. The lowest BCUT2D eigenvalue weighted by Crippen LogP contribution is -2.53. The minimum Gasteiger partial charge on any atom is -0.378 e. The summed E-state index contributed by atoms with van der Waals surface area (Å²) in [4.78, 5) is 58.7. The van der Waals surface area contributed by atoms with Crippen molar-refractivity contribution in [2.45, 2.75) is 71.0 Å². The Bertz CT molecular complexity index is 1260. The van der Waals surface area contributed by atoms with E-state index in [-0.39, 0.29) is 47.4 Å². The lowest BCUT2D eigenvalue weighted by Gasteiger charge is -2.29. The molecule has 2 saturated heterocycles. The number of amides is 3. The summed E-state index contributed by atoms with van der Waals surface area (Å²) in [5.41, 5.74) is 3.08. The van der Waals surface area contributed by atoms with Gasteiger partial charge in [0.25, 0.3) is 11.8 Å². The third kappa shape index (κ3) is 6.06. The van der Waals surface area contributed by atoms with E-state index in [1.54, 1.807) is 21.9 Å². The van der Waals surface area contributed by atoms with Crippen molar-refractivity contribution in [3.8, 4) is 0 Å². The van der Waals surface area contributed by atoms with Gasteiger partial charge in [-0.1, -0.05) is 46.8 Å². The number of nitrogens with one attached hydrogen (secondary N) is 1. The maximum absolute atomic E-state index is 13.8. The normalized spacial score (nSPS) is 19.6. The van der Waals surface area contributed by atoms with Gasteiger partial charge >= 0.3 is 0 Å². The average molecular weight is 547 g/mol. The summed E-state index contributed by atoms with van der Waals surface area (Å²) in [6, 6.07) is 12.9. The van der Waals surface area contributed by atoms with E-state index in [0.29, 0.717) is 30.5 Å². The molecular weight excluding hydrogens is 504 g/mol. The van der Waals surface area contributed by atoms with Crippen LogP contribution < -0.4 is 10.2 Å². The number of nitrogens with zero attached hydrogens (tertiary/aromatic N) is 3. The second-order valence-electron chi connectivity index (χ2n) is 12.7. The average Bonchev–Trinajstić information content (AvgIpc) is 3.48. The Balaban J connectivity index is 1.49. The zero-order valence-corrected chi connectivity index (χ0v) is 24.7. The van der Waals surface area contributed by atoms with Gasteiger partial charge in [-0.25, -0.2) is 0 Å². The molecule has 2 fully saturated rings. The Morgan fingerprint density at radius 1 is 0.950 bits per heavy atom. The summed E-state index contributed by atoms with van der Waals surface area (Å²) in [5, 5.41) is 2.93. The van der Waals surface area contributed by atoms with E-state index in [9.17, 15) is 19.2 Å². The molecule has 0 aromatic heterocycles. The van der Waals surface area contributed by atoms with Gasteiger partial charge in [0.15, 0.2) is 5.78 Å². The number of ketones is 1. The van der Waals surface area contributed by atoms with Gasteiger partial charge in [0.05, 0.1) is 12.6 Å². The van der Waals surface area contributed by atoms with Crippen molar-refractivity contribution in [3.63, 3.8) is 0 Å². The van der Waals surface area contributed by atoms with Crippen molar-refractivity contribution in [1.29, 1.82) is 0 Å². The fourth-order valence-electron chi connectivity index (χ4n) is 5.66. The van der Waals surface area contributed by atoms with Crippen LogP contribution in [0.4, 0.5) is 5.69 Å². The Labute approximate surface area is 237 Å². The first-order valence-electron chi connectivity index (χ1n) is 14.1. The zero-order chi connectivity index (χ0) is 29.4. The van der Waals surface area contributed by atoms with Crippen LogP contribution in [-0.4, -0.2) is 78.6 Å². The number of anilines is 1. The van der Waals surface area contributed by atoms with Gasteiger partial charge in [0, 0.05) is 37.5 Å². The molecule has 2 aromatic rings. The molecule has 2 aliphatic heterocycles. The Hall–Kier alpha value is -3.68. The highest BCUT2D eigenvalue weighted by Crippen LogP contribution is 2.32. The number of fused-ring (bicyclic) bond motifs is 1. The van der Waals surface area contributed by atoms with Crippen LogP contribution in [0.2, 0.25) is 0 Å². The maximum Gasteiger partial charge on any atom is 0.254 e. The number of carbonyl (C=O) groups is 4. The van der Waals surface area contributed by atoms with E-state index < -0.39 is 12.1 Å². The minimum atomic E-state index is -0.762. The highest BCUT2D eigenvalue weighted by Gasteiger charge is 2.52. The van der Waals surface area contributed by atoms with Crippen LogP contribution in [0.5, 0.6) is 0 Å². The Morgan fingerprint density at radius 3 is 2.10 bits per heavy atom. The highest BCUT2D eigenvalue weighted by atomic mass is 16.2. The van der Waals surface area contributed by atoms with E-state index in [1.807, 2.05) is 69.2 Å². The number of hydrogen-bond acceptors (Lipinski definition) is 5. The number of carbonyl (C=O) groups excluding carboxylic acids is 4. The predicted octanol–water partition coefficient (Wildman–Crippen LogP) is 3.89. The molecule has 0 saturated carbocycles. The number of rotatable bonds is 7. The number of likely N-dealkylation sites (tertiary alicyclic amines) is 2. The van der Waals surface area contributed by atoms with Gasteiger partial charge in [0.1, 0.15) is 12.1 Å². The summed E-state index contributed by atoms with van der Waals surface area (Å²) < 4.78 is 0. The maximum atomic E-state index is 13.8. The van der Waals surface area contributed by atoms with Crippen molar-refractivity contribution in [2.24, 2.45) is 5.92 Å². The monoisotopic (exact) mass is 546 g/mol. The van der Waals surface area contributed by atoms with Gasteiger partial charge in [-0.15, -0.1) is 0 Å². The zero-order valence-electron chi connectivity index (χ0n) is 24.7. The minimum absolute atomic E-state index is 0.0155. The van der Waals surface area contributed by atoms with Crippen LogP contribution in [0, 0.1) is 5.92 Å². The van der Waals surface area contributed by atoms with Gasteiger partial charge in [-0.05, 0) is 66.1 Å². The Kier molecular flexibility index (Phi) is 8.38. The molecular formula is C32H42N4O4. The van der Waals surface area contributed by atoms with Crippen molar-refractivity contribution in [1.82, 2.24) is 15.1 Å². The molecule has 3 amide bonds. The SMILES string of the molecule is CC(C)C[C@H](NC(=O)c1ccc(N(C)C)cc1)C(=O)N1CCC2C1C(=O)CN2C(=O)c1ccc(C(C)(C)C)cc1. The first kappa shape index (κ1) is 29.3. The summed E-state index contributed by atoms with van der Waals surface area (Å²) in [6.45, 7) is 10.7. The molecule has 8 nitrogen and oxygen atoms in total. The predicted molar refractivity (Wildman–Crippen MR) is 157 cm³/mol. The molecule has 0 spiro atoms. The second kappa shape index (κ2) is 11.4. The molecule has 8 heteroatoms. The summed E-state index contributed by atoms with van der Waals surface area (Å²) in [6.07, 6.45) is 0.980. The van der Waals surface area contributed by atoms with Gasteiger partial charge in [0.2, 0.25) is 5.91 Å². The molecule has 2 unspecified atom stereocenters. The topological polar surface area (TPSA) is 90.0 Å². The van der Waals surface area contributed by atoms with E-state index in [4.69, 9.17) is 0 Å². The first-order chi connectivity index (χ1) is 18.8. The molecule has 40 heavy (non-hydrogen) atoms. The lowest BCUT2D eigenvalue weighted by atomic mass is 9.86. The van der Waals surface area contributed by atoms with Crippen LogP contribution in [0.25, 0.3) is 0 Å². The summed E-state index contributed by atoms with van der Waals surface area (Å²) in [5.74, 6) is -0.768. The molecule has 214 valence electrons. The van der Waals surface area contributed by atoms with Crippen LogP contribution in [-0.2, 0) is 15.0 Å². The van der Waals surface area contributed by atoms with Crippen molar-refractivity contribution >= 4 is 29.2 Å². The summed E-state index contributed by atoms with van der Waals surface area (Å²) >= 11 is 0. The molecule has 2 aliphatic rings. The second-order valence-corrected chi connectivity index (χ2v) is 12.7. The van der Waals surface area contributed by atoms with E-state index in [1.165, 1.54) is 0 Å². The third-order valence-electron chi connectivity index (χ3n) is 7.92. The molecule has 1 N–H and O–H groups in total. The van der Waals surface area contributed by atoms with E-state index >= 15 is 0 Å². The third-order valence-corrected chi connectivity index (χ3v) is 7.92. The van der Waals surface area contributed by atoms with Crippen LogP contribution in [0.1, 0.15) is 73.7 Å². The molecule has 2 heterocycles. The quantitative estimate of drug-likeness (QED) is 0.569. The Morgan fingerprint density at radius 2 is 1.55 bits per heavy atom. The number of benzene rings is 2. The van der Waals surface area contributed by atoms with Crippen molar-refractivity contribution in [3.05, 3.63) is 65.2 Å². The standard InChI is InChI=1S/C32H42N4O4/c1-20(2)18-25(33-29(38)21-10-14-24(15-11-21)34(6)7)31(40)35-17-16-26-28(35)27(37)19-36(26)30(39)22-8-12-23(13-9-22)32(3,4)5/h8-15,20,25-26,28H,16-19H2,1-7H3,(H,33,38)/t25-,26?,28?/m0/s1. The highest BCUT2D eigenvalue weighted by molar-refractivity contribution is 6.03. The van der Waals surface area contributed by atoms with Crippen LogP contribution in [0.3, 0.4) is 0 Å². The van der Waals surface area contributed by atoms with Crippen molar-refractivity contribution < 1.29 is 19.2 Å². The summed E-state index contributed by atoms with van der Waals surface area (Å²) in [7, 11) is 3.86. The molecule has 3 atom stereocenters. The number of Topliss-reactive ketones (excluding diaryl/α,β-unsaturated/α-hetero) is 1. The molecule has 2 aromatic carbocycles. The fraction of sp³-hybridized carbons (Fsp3) is 0.500. The van der Waals surface area contributed by atoms with Gasteiger partial charge in [-0.3, -0.25) is 19.2 Å². The van der Waals surface area contributed by atoms with Gasteiger partial charge < -0.3 is 20.0 Å². The van der Waals surface area contributed by atoms with E-state index in [2.05, 4.69) is 26.1 Å². The number of hydrogen-bond donors (Lipinski definition) is 1. The van der Waals surface area contributed by atoms with Crippen molar-refractivity contribution in [2.75, 3.05) is 32.1 Å².